The summed E-state index contributed by atoms with van der Waals surface area (Å²) in [6, 6.07) is 8.23. The van der Waals surface area contributed by atoms with Crippen molar-refractivity contribution in [2.45, 2.75) is 24.7 Å². The van der Waals surface area contributed by atoms with Gasteiger partial charge in [0.15, 0.2) is 12.5 Å². The Morgan fingerprint density at radius 2 is 2.00 bits per heavy atom. The van der Waals surface area contributed by atoms with Gasteiger partial charge in [0.05, 0.1) is 5.56 Å². The fourth-order valence-corrected chi connectivity index (χ4v) is 1.66. The summed E-state index contributed by atoms with van der Waals surface area (Å²) in [5.74, 6) is -0.609. The highest BCUT2D eigenvalue weighted by Gasteiger charge is 2.43. The molecule has 2 rings (SSSR count). The second-order valence-corrected chi connectivity index (χ2v) is 3.96. The number of carbonyl (C=O) groups excluding carboxylic acids is 1. The topological polar surface area (TPSA) is 76.0 Å². The van der Waals surface area contributed by atoms with Crippen molar-refractivity contribution in [2.24, 2.45) is 0 Å². The molecule has 6 heteroatoms. The van der Waals surface area contributed by atoms with Crippen molar-refractivity contribution in [3.8, 4) is 0 Å². The minimum atomic E-state index is -1.77. The summed E-state index contributed by atoms with van der Waals surface area (Å²) in [4.78, 5) is 11.5. The van der Waals surface area contributed by atoms with E-state index >= 15 is 0 Å². The molecule has 98 valence electrons. The number of hydrogen-bond donors (Lipinski definition) is 2. The molecule has 1 aliphatic rings. The van der Waals surface area contributed by atoms with Gasteiger partial charge in [-0.15, -0.1) is 0 Å². The summed E-state index contributed by atoms with van der Waals surface area (Å²) < 4.78 is 22.9. The maximum Gasteiger partial charge on any atom is 0.338 e. The molecule has 0 aliphatic carbocycles. The highest BCUT2D eigenvalue weighted by molar-refractivity contribution is 5.89. The molecule has 1 aromatic carbocycles. The van der Waals surface area contributed by atoms with E-state index in [9.17, 15) is 9.18 Å². The summed E-state index contributed by atoms with van der Waals surface area (Å²) in [6.07, 6.45) is -6.11. The molecule has 1 saturated heterocycles. The number of rotatable bonds is 3. The van der Waals surface area contributed by atoms with Crippen LogP contribution in [0.1, 0.15) is 10.4 Å². The molecule has 0 spiro atoms. The number of halogens is 1. The molecule has 0 radical (unpaired) electrons. The van der Waals surface area contributed by atoms with Crippen LogP contribution in [0.4, 0.5) is 4.39 Å². The van der Waals surface area contributed by atoms with Gasteiger partial charge in [0.2, 0.25) is 0 Å². The molecular formula is C12H13FO5. The smallest absolute Gasteiger partial charge is 0.338 e. The molecule has 4 atom stereocenters. The molecular weight excluding hydrogens is 243 g/mol. The Balaban J connectivity index is 1.88. The molecule has 2 N–H and O–H groups in total. The van der Waals surface area contributed by atoms with Gasteiger partial charge in [-0.3, -0.25) is 0 Å². The zero-order valence-corrected chi connectivity index (χ0v) is 9.40. The number of benzene rings is 1. The minimum absolute atomic E-state index is 0.340. The molecule has 1 fully saturated rings. The van der Waals surface area contributed by atoms with E-state index < -0.39 is 30.6 Å². The number of alkyl halides is 1. The quantitative estimate of drug-likeness (QED) is 0.759. The van der Waals surface area contributed by atoms with Gasteiger partial charge in [-0.1, -0.05) is 18.2 Å². The third-order valence-corrected chi connectivity index (χ3v) is 2.68. The Morgan fingerprint density at radius 3 is 2.56 bits per heavy atom. The Labute approximate surface area is 103 Å². The van der Waals surface area contributed by atoms with Crippen LogP contribution in [0.2, 0.25) is 0 Å². The van der Waals surface area contributed by atoms with Crippen molar-refractivity contribution in [3.63, 3.8) is 0 Å². The van der Waals surface area contributed by atoms with Crippen LogP contribution in [0.25, 0.3) is 0 Å². The zero-order chi connectivity index (χ0) is 13.1. The van der Waals surface area contributed by atoms with Gasteiger partial charge < -0.3 is 19.7 Å². The SMILES string of the molecule is O=C(OC[C@H]1O[C@H](O)C(O)C1F)c1ccccc1. The first-order valence-corrected chi connectivity index (χ1v) is 5.47. The van der Waals surface area contributed by atoms with Crippen molar-refractivity contribution >= 4 is 5.97 Å². The van der Waals surface area contributed by atoms with Crippen molar-refractivity contribution in [3.05, 3.63) is 35.9 Å². The standard InChI is InChI=1S/C12H13FO5/c13-9-8(18-12(16)10(9)14)6-17-11(15)7-4-2-1-3-5-7/h1-5,8-10,12,14,16H,6H2/t8-,9?,10?,12+/m1/s1. The summed E-state index contributed by atoms with van der Waals surface area (Å²) in [5, 5.41) is 18.2. The van der Waals surface area contributed by atoms with Gasteiger partial charge >= 0.3 is 5.97 Å². The van der Waals surface area contributed by atoms with E-state index in [1.54, 1.807) is 30.3 Å². The number of hydrogen-bond acceptors (Lipinski definition) is 5. The number of carbonyl (C=O) groups is 1. The predicted octanol–water partition coefficient (Wildman–Crippen LogP) is 0.260. The lowest BCUT2D eigenvalue weighted by Gasteiger charge is -2.12. The molecule has 0 amide bonds. The van der Waals surface area contributed by atoms with Crippen LogP contribution in [0.5, 0.6) is 0 Å². The van der Waals surface area contributed by atoms with E-state index in [4.69, 9.17) is 19.7 Å². The van der Waals surface area contributed by atoms with Gasteiger partial charge in [0.25, 0.3) is 0 Å². The Hall–Kier alpha value is -1.50. The first-order chi connectivity index (χ1) is 8.59. The molecule has 0 saturated carbocycles. The van der Waals surface area contributed by atoms with E-state index in [0.717, 1.165) is 0 Å². The van der Waals surface area contributed by atoms with Crippen molar-refractivity contribution in [1.29, 1.82) is 0 Å². The monoisotopic (exact) mass is 256 g/mol. The molecule has 1 aromatic rings. The largest absolute Gasteiger partial charge is 0.459 e. The Morgan fingerprint density at radius 1 is 1.33 bits per heavy atom. The van der Waals surface area contributed by atoms with Crippen LogP contribution >= 0.6 is 0 Å². The van der Waals surface area contributed by atoms with Gasteiger partial charge in [0, 0.05) is 0 Å². The molecule has 5 nitrogen and oxygen atoms in total. The fourth-order valence-electron chi connectivity index (χ4n) is 1.66. The maximum absolute atomic E-state index is 13.4. The minimum Gasteiger partial charge on any atom is -0.459 e. The first kappa shape index (κ1) is 12.9. The van der Waals surface area contributed by atoms with Crippen LogP contribution in [0.3, 0.4) is 0 Å². The van der Waals surface area contributed by atoms with Crippen molar-refractivity contribution < 1.29 is 28.9 Å². The molecule has 1 aliphatic heterocycles. The second-order valence-electron chi connectivity index (χ2n) is 3.96. The van der Waals surface area contributed by atoms with Gasteiger partial charge in [-0.05, 0) is 12.1 Å². The Bertz CT molecular complexity index is 410. The van der Waals surface area contributed by atoms with Crippen molar-refractivity contribution in [2.75, 3.05) is 6.61 Å². The molecule has 1 heterocycles. The maximum atomic E-state index is 13.4. The molecule has 0 bridgehead atoms. The van der Waals surface area contributed by atoms with Crippen molar-refractivity contribution in [1.82, 2.24) is 0 Å². The third kappa shape index (κ3) is 2.66. The Kier molecular flexibility index (Phi) is 3.90. The van der Waals surface area contributed by atoms with Gasteiger partial charge in [-0.2, -0.15) is 0 Å². The second kappa shape index (κ2) is 5.43. The molecule has 18 heavy (non-hydrogen) atoms. The number of esters is 1. The lowest BCUT2D eigenvalue weighted by molar-refractivity contribution is -0.133. The normalized spacial score (nSPS) is 31.3. The van der Waals surface area contributed by atoms with Gasteiger partial charge in [-0.25, -0.2) is 9.18 Å². The van der Waals surface area contributed by atoms with E-state index in [1.165, 1.54) is 0 Å². The van der Waals surface area contributed by atoms with Crippen LogP contribution in [0, 0.1) is 0 Å². The van der Waals surface area contributed by atoms with E-state index in [-0.39, 0.29) is 6.61 Å². The van der Waals surface area contributed by atoms with E-state index in [2.05, 4.69) is 0 Å². The van der Waals surface area contributed by atoms with Crippen LogP contribution < -0.4 is 0 Å². The summed E-state index contributed by atoms with van der Waals surface area (Å²) in [6.45, 7) is -0.358. The van der Waals surface area contributed by atoms with Crippen LogP contribution in [-0.2, 0) is 9.47 Å². The summed E-state index contributed by atoms with van der Waals surface area (Å²) in [5.41, 5.74) is 0.340. The van der Waals surface area contributed by atoms with E-state index in [1.807, 2.05) is 0 Å². The molecule has 0 aromatic heterocycles. The molecule has 2 unspecified atom stereocenters. The van der Waals surface area contributed by atoms with E-state index in [0.29, 0.717) is 5.56 Å². The number of ether oxygens (including phenoxy) is 2. The average Bonchev–Trinajstić information content (AvgIpc) is 2.64. The predicted molar refractivity (Wildman–Crippen MR) is 58.5 cm³/mol. The third-order valence-electron chi connectivity index (χ3n) is 2.68. The average molecular weight is 256 g/mol. The first-order valence-electron chi connectivity index (χ1n) is 5.47. The highest BCUT2D eigenvalue weighted by atomic mass is 19.1. The summed E-state index contributed by atoms with van der Waals surface area (Å²) >= 11 is 0. The van der Waals surface area contributed by atoms with Crippen LogP contribution in [0.15, 0.2) is 30.3 Å². The number of aliphatic hydroxyl groups excluding tert-OH is 2. The fraction of sp³-hybridized carbons (Fsp3) is 0.417. The lowest BCUT2D eigenvalue weighted by atomic mass is 10.2. The zero-order valence-electron chi connectivity index (χ0n) is 9.40. The van der Waals surface area contributed by atoms with Crippen LogP contribution in [-0.4, -0.2) is 47.5 Å². The number of aliphatic hydroxyl groups is 2. The van der Waals surface area contributed by atoms with Gasteiger partial charge in [0.1, 0.15) is 18.8 Å². The summed E-state index contributed by atoms with van der Waals surface area (Å²) in [7, 11) is 0. The highest BCUT2D eigenvalue weighted by Crippen LogP contribution is 2.22. The lowest BCUT2D eigenvalue weighted by Crippen LogP contribution is -2.31.